The Morgan fingerprint density at radius 2 is 1.39 bits per heavy atom. The Balaban J connectivity index is 1.95. The molecule has 1 atom stereocenters. The van der Waals surface area contributed by atoms with Crippen molar-refractivity contribution >= 4 is 23.1 Å². The molecule has 1 heterocycles. The molecule has 4 heteroatoms. The summed E-state index contributed by atoms with van der Waals surface area (Å²) in [5.74, 6) is -1.47. The van der Waals surface area contributed by atoms with Crippen molar-refractivity contribution in [3.8, 4) is 0 Å². The van der Waals surface area contributed by atoms with E-state index in [9.17, 15) is 14.7 Å². The molecule has 3 aromatic rings. The van der Waals surface area contributed by atoms with Gasteiger partial charge in [-0.05, 0) is 73.7 Å². The maximum Gasteiger partial charge on any atom is 0.300 e. The first kappa shape index (κ1) is 20.6. The van der Waals surface area contributed by atoms with E-state index in [0.717, 1.165) is 27.8 Å². The number of aliphatic hydroxyl groups excluding tert-OH is 1. The van der Waals surface area contributed by atoms with Gasteiger partial charge in [0.25, 0.3) is 11.7 Å². The summed E-state index contributed by atoms with van der Waals surface area (Å²) in [7, 11) is 0. The van der Waals surface area contributed by atoms with Gasteiger partial charge in [0, 0.05) is 11.3 Å². The summed E-state index contributed by atoms with van der Waals surface area (Å²) in [5, 5.41) is 11.2. The Labute approximate surface area is 182 Å². The zero-order chi connectivity index (χ0) is 22.3. The molecule has 0 bridgehead atoms. The first-order valence-corrected chi connectivity index (χ1v) is 10.3. The molecular weight excluding hydrogens is 386 g/mol. The molecule has 4 rings (SSSR count). The van der Waals surface area contributed by atoms with Crippen LogP contribution >= 0.6 is 0 Å². The van der Waals surface area contributed by atoms with Crippen molar-refractivity contribution in [2.24, 2.45) is 0 Å². The molecule has 0 radical (unpaired) electrons. The first-order chi connectivity index (χ1) is 14.8. The van der Waals surface area contributed by atoms with Gasteiger partial charge in [-0.3, -0.25) is 14.5 Å². The number of rotatable bonds is 3. The number of nitrogens with zero attached hydrogens (tertiary/aromatic N) is 1. The standard InChI is InChI=1S/C27H25NO3/c1-16-10-12-21(14-18(16)3)25(29)23-24(20-8-6-5-7-9-20)28(27(31)26(23)30)22-13-11-17(2)19(4)15-22/h5-15,24,29H,1-4H3/b25-23+. The van der Waals surface area contributed by atoms with Crippen LogP contribution in [-0.2, 0) is 9.59 Å². The summed E-state index contributed by atoms with van der Waals surface area (Å²) in [6, 6.07) is 19.9. The molecule has 31 heavy (non-hydrogen) atoms. The number of hydrogen-bond acceptors (Lipinski definition) is 3. The molecule has 0 spiro atoms. The van der Waals surface area contributed by atoms with Gasteiger partial charge < -0.3 is 5.11 Å². The van der Waals surface area contributed by atoms with Crippen LogP contribution in [-0.4, -0.2) is 16.8 Å². The van der Waals surface area contributed by atoms with E-state index < -0.39 is 17.7 Å². The van der Waals surface area contributed by atoms with E-state index in [1.807, 2.05) is 88.4 Å². The molecule has 0 saturated carbocycles. The second-order valence-corrected chi connectivity index (χ2v) is 8.15. The lowest BCUT2D eigenvalue weighted by atomic mass is 9.94. The molecule has 0 aromatic heterocycles. The summed E-state index contributed by atoms with van der Waals surface area (Å²) < 4.78 is 0. The number of carbonyl (C=O) groups is 2. The fraction of sp³-hybridized carbons (Fsp3) is 0.185. The van der Waals surface area contributed by atoms with Crippen molar-refractivity contribution in [3.63, 3.8) is 0 Å². The lowest BCUT2D eigenvalue weighted by molar-refractivity contribution is -0.132. The number of aryl methyl sites for hydroxylation is 4. The van der Waals surface area contributed by atoms with Gasteiger partial charge in [-0.2, -0.15) is 0 Å². The quantitative estimate of drug-likeness (QED) is 0.349. The summed E-state index contributed by atoms with van der Waals surface area (Å²) in [5.41, 5.74) is 6.27. The highest BCUT2D eigenvalue weighted by Crippen LogP contribution is 2.42. The van der Waals surface area contributed by atoms with Gasteiger partial charge in [0.15, 0.2) is 0 Å². The Morgan fingerprint density at radius 3 is 2.00 bits per heavy atom. The average molecular weight is 412 g/mol. The second-order valence-electron chi connectivity index (χ2n) is 8.15. The topological polar surface area (TPSA) is 57.6 Å². The first-order valence-electron chi connectivity index (χ1n) is 10.3. The van der Waals surface area contributed by atoms with Gasteiger partial charge in [0.1, 0.15) is 5.76 Å². The summed E-state index contributed by atoms with van der Waals surface area (Å²) in [4.78, 5) is 27.9. The van der Waals surface area contributed by atoms with Crippen LogP contribution in [0.25, 0.3) is 5.76 Å². The molecular formula is C27H25NO3. The van der Waals surface area contributed by atoms with Crippen molar-refractivity contribution < 1.29 is 14.7 Å². The van der Waals surface area contributed by atoms with Crippen LogP contribution in [0.3, 0.4) is 0 Å². The van der Waals surface area contributed by atoms with Crippen LogP contribution in [0.1, 0.15) is 39.4 Å². The number of anilines is 1. The number of carbonyl (C=O) groups excluding carboxylic acids is 2. The number of Topliss-reactive ketones (excluding diaryl/α,β-unsaturated/α-hetero) is 1. The van der Waals surface area contributed by atoms with E-state index in [1.165, 1.54) is 4.90 Å². The largest absolute Gasteiger partial charge is 0.507 e. The predicted octanol–water partition coefficient (Wildman–Crippen LogP) is 5.55. The molecule has 1 fully saturated rings. The molecule has 1 saturated heterocycles. The summed E-state index contributed by atoms with van der Waals surface area (Å²) >= 11 is 0. The Bertz CT molecular complexity index is 1220. The van der Waals surface area contributed by atoms with Crippen LogP contribution in [0.2, 0.25) is 0 Å². The van der Waals surface area contributed by atoms with Crippen molar-refractivity contribution in [1.29, 1.82) is 0 Å². The molecule has 1 aliphatic heterocycles. The number of aliphatic hydroxyl groups is 1. The molecule has 1 N–H and O–H groups in total. The molecule has 156 valence electrons. The molecule has 1 amide bonds. The SMILES string of the molecule is Cc1ccc(/C(O)=C2\C(=O)C(=O)N(c3ccc(C)c(C)c3)C2c2ccccc2)cc1C. The maximum absolute atomic E-state index is 13.2. The van der Waals surface area contributed by atoms with Crippen molar-refractivity contribution in [1.82, 2.24) is 0 Å². The maximum atomic E-state index is 13.2. The minimum Gasteiger partial charge on any atom is -0.507 e. The molecule has 4 nitrogen and oxygen atoms in total. The monoisotopic (exact) mass is 411 g/mol. The van der Waals surface area contributed by atoms with Crippen LogP contribution in [0, 0.1) is 27.7 Å². The van der Waals surface area contributed by atoms with E-state index in [1.54, 1.807) is 6.07 Å². The highest BCUT2D eigenvalue weighted by molar-refractivity contribution is 6.51. The number of ketones is 1. The number of benzene rings is 3. The van der Waals surface area contributed by atoms with Gasteiger partial charge in [-0.1, -0.05) is 48.5 Å². The van der Waals surface area contributed by atoms with E-state index in [2.05, 4.69) is 0 Å². The Morgan fingerprint density at radius 1 is 0.774 bits per heavy atom. The van der Waals surface area contributed by atoms with Gasteiger partial charge in [-0.15, -0.1) is 0 Å². The lowest BCUT2D eigenvalue weighted by Crippen LogP contribution is -2.29. The van der Waals surface area contributed by atoms with E-state index in [4.69, 9.17) is 0 Å². The third kappa shape index (κ3) is 3.55. The minimum atomic E-state index is -0.704. The Hall–Kier alpha value is -3.66. The highest BCUT2D eigenvalue weighted by atomic mass is 16.3. The number of amides is 1. The van der Waals surface area contributed by atoms with Crippen molar-refractivity contribution in [3.05, 3.63) is 106 Å². The molecule has 0 aliphatic carbocycles. The van der Waals surface area contributed by atoms with Crippen LogP contribution < -0.4 is 4.90 Å². The second kappa shape index (κ2) is 7.88. The third-order valence-corrected chi connectivity index (χ3v) is 6.11. The third-order valence-electron chi connectivity index (χ3n) is 6.11. The van der Waals surface area contributed by atoms with Crippen LogP contribution in [0.5, 0.6) is 0 Å². The summed E-state index contributed by atoms with van der Waals surface area (Å²) in [6.45, 7) is 7.92. The fourth-order valence-electron chi connectivity index (χ4n) is 3.97. The van der Waals surface area contributed by atoms with Gasteiger partial charge in [-0.25, -0.2) is 0 Å². The van der Waals surface area contributed by atoms with Crippen LogP contribution in [0.4, 0.5) is 5.69 Å². The zero-order valence-corrected chi connectivity index (χ0v) is 18.1. The van der Waals surface area contributed by atoms with Crippen LogP contribution in [0.15, 0.2) is 72.3 Å². The van der Waals surface area contributed by atoms with E-state index in [0.29, 0.717) is 11.3 Å². The highest BCUT2D eigenvalue weighted by Gasteiger charge is 2.46. The average Bonchev–Trinajstić information content (AvgIpc) is 3.03. The van der Waals surface area contributed by atoms with Gasteiger partial charge >= 0.3 is 0 Å². The van der Waals surface area contributed by atoms with Gasteiger partial charge in [0.2, 0.25) is 0 Å². The summed E-state index contributed by atoms with van der Waals surface area (Å²) in [6.07, 6.45) is 0. The van der Waals surface area contributed by atoms with Crippen molar-refractivity contribution in [2.45, 2.75) is 33.7 Å². The number of hydrogen-bond donors (Lipinski definition) is 1. The zero-order valence-electron chi connectivity index (χ0n) is 18.1. The minimum absolute atomic E-state index is 0.109. The lowest BCUT2D eigenvalue weighted by Gasteiger charge is -2.26. The predicted molar refractivity (Wildman–Crippen MR) is 123 cm³/mol. The fourth-order valence-corrected chi connectivity index (χ4v) is 3.97. The molecule has 1 unspecified atom stereocenters. The normalized spacial score (nSPS) is 17.9. The van der Waals surface area contributed by atoms with E-state index in [-0.39, 0.29) is 11.3 Å². The van der Waals surface area contributed by atoms with Gasteiger partial charge in [0.05, 0.1) is 11.6 Å². The smallest absolute Gasteiger partial charge is 0.300 e. The molecule has 1 aliphatic rings. The van der Waals surface area contributed by atoms with Crippen molar-refractivity contribution in [2.75, 3.05) is 4.90 Å². The van der Waals surface area contributed by atoms with E-state index >= 15 is 0 Å². The molecule has 3 aromatic carbocycles. The Kier molecular flexibility index (Phi) is 5.24.